The van der Waals surface area contributed by atoms with Crippen LogP contribution in [0.25, 0.3) is 5.69 Å². The molecule has 0 bridgehead atoms. The van der Waals surface area contributed by atoms with E-state index in [0.29, 0.717) is 5.69 Å². The smallest absolute Gasteiger partial charge is 0.335 e. The lowest BCUT2D eigenvalue weighted by Gasteiger charge is -2.06. The van der Waals surface area contributed by atoms with Crippen molar-refractivity contribution < 1.29 is 19.1 Å². The van der Waals surface area contributed by atoms with E-state index in [1.165, 1.54) is 0 Å². The summed E-state index contributed by atoms with van der Waals surface area (Å²) < 4.78 is 15.4. The van der Waals surface area contributed by atoms with Crippen molar-refractivity contribution in [3.8, 4) is 5.69 Å². The molecule has 0 fully saturated rings. The van der Waals surface area contributed by atoms with Crippen LogP contribution in [0.15, 0.2) is 54.7 Å². The first-order valence-corrected chi connectivity index (χ1v) is 7.41. The second-order valence-corrected chi connectivity index (χ2v) is 5.36. The molecule has 25 heavy (non-hydrogen) atoms. The predicted octanol–water partition coefficient (Wildman–Crippen LogP) is 3.27. The number of hydrogen-bond acceptors (Lipinski definition) is 3. The number of hydrogen-bond donors (Lipinski definition) is 2. The minimum Gasteiger partial charge on any atom is -0.478 e. The molecule has 7 heteroatoms. The number of carbonyl (C=O) groups is 2. The summed E-state index contributed by atoms with van der Waals surface area (Å²) in [5.74, 6) is -2.49. The van der Waals surface area contributed by atoms with Crippen molar-refractivity contribution in [2.75, 3.05) is 5.32 Å². The van der Waals surface area contributed by atoms with E-state index in [1.54, 1.807) is 17.8 Å². The molecule has 3 rings (SSSR count). The van der Waals surface area contributed by atoms with Crippen LogP contribution < -0.4 is 5.32 Å². The number of nitrogens with zero attached hydrogens (tertiary/aromatic N) is 2. The van der Waals surface area contributed by atoms with Crippen LogP contribution in [-0.2, 0) is 0 Å². The van der Waals surface area contributed by atoms with Gasteiger partial charge in [-0.3, -0.25) is 4.79 Å². The van der Waals surface area contributed by atoms with E-state index >= 15 is 0 Å². The summed E-state index contributed by atoms with van der Waals surface area (Å²) in [4.78, 5) is 23.4. The number of para-hydroxylation sites is 1. The van der Waals surface area contributed by atoms with Crippen molar-refractivity contribution in [2.45, 2.75) is 6.92 Å². The van der Waals surface area contributed by atoms with Gasteiger partial charge in [0.2, 0.25) is 0 Å². The maximum atomic E-state index is 13.9. The fourth-order valence-electron chi connectivity index (χ4n) is 2.34. The Bertz CT molecular complexity index is 951. The number of halogens is 1. The van der Waals surface area contributed by atoms with Crippen LogP contribution in [0.4, 0.5) is 10.1 Å². The molecule has 0 aliphatic rings. The highest BCUT2D eigenvalue weighted by atomic mass is 19.1. The molecule has 1 aromatic heterocycles. The van der Waals surface area contributed by atoms with Gasteiger partial charge in [0.05, 0.1) is 28.2 Å². The van der Waals surface area contributed by atoms with E-state index in [-0.39, 0.29) is 16.8 Å². The van der Waals surface area contributed by atoms with E-state index in [9.17, 15) is 14.0 Å². The molecular formula is C18H14FN3O3. The molecule has 0 unspecified atom stereocenters. The third-order valence-corrected chi connectivity index (χ3v) is 3.63. The van der Waals surface area contributed by atoms with Gasteiger partial charge in [-0.2, -0.15) is 5.10 Å². The Morgan fingerprint density at radius 3 is 2.56 bits per heavy atom. The van der Waals surface area contributed by atoms with Gasteiger partial charge in [-0.15, -0.1) is 0 Å². The van der Waals surface area contributed by atoms with Gasteiger partial charge in [-0.25, -0.2) is 13.9 Å². The Labute approximate surface area is 142 Å². The van der Waals surface area contributed by atoms with Crippen molar-refractivity contribution in [2.24, 2.45) is 0 Å². The molecular weight excluding hydrogens is 325 g/mol. The van der Waals surface area contributed by atoms with E-state index in [2.05, 4.69) is 10.4 Å². The number of aromatic nitrogens is 2. The third-order valence-electron chi connectivity index (χ3n) is 3.63. The Balaban J connectivity index is 1.89. The van der Waals surface area contributed by atoms with Gasteiger partial charge in [0.1, 0.15) is 5.82 Å². The predicted molar refractivity (Wildman–Crippen MR) is 89.6 cm³/mol. The van der Waals surface area contributed by atoms with E-state index < -0.39 is 17.7 Å². The highest BCUT2D eigenvalue weighted by molar-refractivity contribution is 6.05. The van der Waals surface area contributed by atoms with Gasteiger partial charge in [0.25, 0.3) is 5.91 Å². The average molecular weight is 339 g/mol. The number of carbonyl (C=O) groups excluding carboxylic acids is 1. The van der Waals surface area contributed by atoms with Gasteiger partial charge < -0.3 is 10.4 Å². The van der Waals surface area contributed by atoms with Crippen LogP contribution in [0.3, 0.4) is 0 Å². The van der Waals surface area contributed by atoms with Crippen LogP contribution in [0, 0.1) is 12.7 Å². The zero-order chi connectivity index (χ0) is 18.0. The second kappa shape index (κ2) is 6.56. The lowest BCUT2D eigenvalue weighted by molar-refractivity contribution is 0.0696. The summed E-state index contributed by atoms with van der Waals surface area (Å²) >= 11 is 0. The quantitative estimate of drug-likeness (QED) is 0.764. The van der Waals surface area contributed by atoms with Crippen LogP contribution in [0.5, 0.6) is 0 Å². The minimum atomic E-state index is -1.21. The average Bonchev–Trinajstić information content (AvgIpc) is 2.99. The molecule has 3 aromatic rings. The first kappa shape index (κ1) is 16.4. The van der Waals surface area contributed by atoms with Crippen LogP contribution in [0.2, 0.25) is 0 Å². The topological polar surface area (TPSA) is 84.2 Å². The lowest BCUT2D eigenvalue weighted by atomic mass is 10.2. The molecule has 0 saturated carbocycles. The number of amides is 1. The number of benzene rings is 2. The number of aryl methyl sites for hydroxylation is 1. The Hall–Kier alpha value is -3.48. The molecule has 0 radical (unpaired) electrons. The largest absolute Gasteiger partial charge is 0.478 e. The summed E-state index contributed by atoms with van der Waals surface area (Å²) in [7, 11) is 0. The zero-order valence-corrected chi connectivity index (χ0v) is 13.2. The standard InChI is InChI=1S/C18H14FN3O3/c1-11-14(10-22(21-11)13-5-3-2-4-6-13)17(23)20-16-9-12(18(24)25)7-8-15(16)19/h2-10H,1H3,(H,20,23)(H,24,25). The molecule has 0 aliphatic heterocycles. The molecule has 126 valence electrons. The maximum Gasteiger partial charge on any atom is 0.335 e. The molecule has 0 saturated heterocycles. The Morgan fingerprint density at radius 1 is 1.16 bits per heavy atom. The van der Waals surface area contributed by atoms with Gasteiger partial charge in [-0.1, -0.05) is 18.2 Å². The normalized spacial score (nSPS) is 10.5. The monoisotopic (exact) mass is 339 g/mol. The minimum absolute atomic E-state index is 0.117. The molecule has 0 aliphatic carbocycles. The molecule has 0 spiro atoms. The lowest BCUT2D eigenvalue weighted by Crippen LogP contribution is -2.14. The number of carboxylic acids is 1. The first-order valence-electron chi connectivity index (χ1n) is 7.41. The van der Waals surface area contributed by atoms with Crippen LogP contribution in [-0.4, -0.2) is 26.8 Å². The fraction of sp³-hybridized carbons (Fsp3) is 0.0556. The van der Waals surface area contributed by atoms with Gasteiger partial charge >= 0.3 is 5.97 Å². The number of rotatable bonds is 4. The Kier molecular flexibility index (Phi) is 4.30. The molecule has 2 N–H and O–H groups in total. The number of nitrogens with one attached hydrogen (secondary N) is 1. The van der Waals surface area contributed by atoms with Crippen molar-refractivity contribution in [3.05, 3.63) is 77.4 Å². The molecule has 1 heterocycles. The number of carboxylic acid groups (broad SMARTS) is 1. The SMILES string of the molecule is Cc1nn(-c2ccccc2)cc1C(=O)Nc1cc(C(=O)O)ccc1F. The highest BCUT2D eigenvalue weighted by Crippen LogP contribution is 2.19. The van der Waals surface area contributed by atoms with E-state index in [0.717, 1.165) is 23.9 Å². The van der Waals surface area contributed by atoms with E-state index in [4.69, 9.17) is 5.11 Å². The summed E-state index contributed by atoms with van der Waals surface area (Å²) in [6.45, 7) is 1.67. The molecule has 2 aromatic carbocycles. The van der Waals surface area contributed by atoms with Crippen LogP contribution >= 0.6 is 0 Å². The fourth-order valence-corrected chi connectivity index (χ4v) is 2.34. The van der Waals surface area contributed by atoms with Gasteiger partial charge in [0.15, 0.2) is 0 Å². The zero-order valence-electron chi connectivity index (χ0n) is 13.2. The summed E-state index contributed by atoms with van der Waals surface area (Å²) in [5, 5.41) is 15.7. The van der Waals surface area contributed by atoms with Crippen molar-refractivity contribution in [1.82, 2.24) is 9.78 Å². The number of aromatic carboxylic acids is 1. The van der Waals surface area contributed by atoms with Crippen LogP contribution in [0.1, 0.15) is 26.4 Å². The second-order valence-electron chi connectivity index (χ2n) is 5.36. The summed E-state index contributed by atoms with van der Waals surface area (Å²) in [6, 6.07) is 12.4. The first-order chi connectivity index (χ1) is 12.0. The van der Waals surface area contributed by atoms with Gasteiger partial charge in [0, 0.05) is 6.20 Å². The third kappa shape index (κ3) is 3.40. The summed E-state index contributed by atoms with van der Waals surface area (Å²) in [5.41, 5.74) is 1.20. The Morgan fingerprint density at radius 2 is 1.88 bits per heavy atom. The van der Waals surface area contributed by atoms with Crippen molar-refractivity contribution in [3.63, 3.8) is 0 Å². The van der Waals surface area contributed by atoms with Crippen molar-refractivity contribution >= 4 is 17.6 Å². The molecule has 1 amide bonds. The van der Waals surface area contributed by atoms with E-state index in [1.807, 2.05) is 30.3 Å². The van der Waals surface area contributed by atoms with Crippen molar-refractivity contribution in [1.29, 1.82) is 0 Å². The summed E-state index contributed by atoms with van der Waals surface area (Å²) in [6.07, 6.45) is 1.54. The highest BCUT2D eigenvalue weighted by Gasteiger charge is 2.17. The number of anilines is 1. The van der Waals surface area contributed by atoms with Gasteiger partial charge in [-0.05, 0) is 37.3 Å². The molecule has 6 nitrogen and oxygen atoms in total. The maximum absolute atomic E-state index is 13.9. The molecule has 0 atom stereocenters.